The van der Waals surface area contributed by atoms with Crippen molar-refractivity contribution in [3.63, 3.8) is 0 Å². The van der Waals surface area contributed by atoms with E-state index in [0.717, 1.165) is 16.9 Å². The van der Waals surface area contributed by atoms with Crippen LogP contribution in [-0.2, 0) is 17.8 Å². The first kappa shape index (κ1) is 16.0. The SMILES string of the molecule is COc1ccccc1CN(C)C(=O)[C@@H](N)Cc1ccccc1. The van der Waals surface area contributed by atoms with E-state index in [9.17, 15) is 4.79 Å². The highest BCUT2D eigenvalue weighted by molar-refractivity contribution is 5.81. The third-order valence-electron chi connectivity index (χ3n) is 3.59. The summed E-state index contributed by atoms with van der Waals surface area (Å²) >= 11 is 0. The molecule has 1 amide bonds. The summed E-state index contributed by atoms with van der Waals surface area (Å²) in [5, 5.41) is 0. The Labute approximate surface area is 131 Å². The molecule has 0 aromatic heterocycles. The molecule has 1 atom stereocenters. The largest absolute Gasteiger partial charge is 0.496 e. The molecule has 0 heterocycles. The van der Waals surface area contributed by atoms with Crippen molar-refractivity contribution in [3.05, 3.63) is 65.7 Å². The highest BCUT2D eigenvalue weighted by Crippen LogP contribution is 2.19. The van der Waals surface area contributed by atoms with Crippen molar-refractivity contribution < 1.29 is 9.53 Å². The summed E-state index contributed by atoms with van der Waals surface area (Å²) in [6.07, 6.45) is 0.538. The number of benzene rings is 2. The van der Waals surface area contributed by atoms with E-state index in [4.69, 9.17) is 10.5 Å². The molecule has 4 heteroatoms. The van der Waals surface area contributed by atoms with Crippen molar-refractivity contribution in [2.45, 2.75) is 19.0 Å². The first-order valence-electron chi connectivity index (χ1n) is 7.28. The van der Waals surface area contributed by atoms with Crippen molar-refractivity contribution in [1.82, 2.24) is 4.90 Å². The number of nitrogens with zero attached hydrogens (tertiary/aromatic N) is 1. The van der Waals surface area contributed by atoms with E-state index in [1.807, 2.05) is 54.6 Å². The Bertz CT molecular complexity index is 613. The van der Waals surface area contributed by atoms with Crippen LogP contribution in [0.15, 0.2) is 54.6 Å². The van der Waals surface area contributed by atoms with Crippen LogP contribution in [0.2, 0.25) is 0 Å². The van der Waals surface area contributed by atoms with Gasteiger partial charge in [0.15, 0.2) is 0 Å². The Balaban J connectivity index is 1.99. The van der Waals surface area contributed by atoms with Gasteiger partial charge in [0, 0.05) is 19.2 Å². The molecular formula is C18H22N2O2. The van der Waals surface area contributed by atoms with Gasteiger partial charge in [0.25, 0.3) is 0 Å². The normalized spacial score (nSPS) is 11.8. The topological polar surface area (TPSA) is 55.6 Å². The number of hydrogen-bond acceptors (Lipinski definition) is 3. The van der Waals surface area contributed by atoms with Gasteiger partial charge in [-0.2, -0.15) is 0 Å². The van der Waals surface area contributed by atoms with Gasteiger partial charge in [0.2, 0.25) is 5.91 Å². The van der Waals surface area contributed by atoms with Gasteiger partial charge in [0.1, 0.15) is 5.75 Å². The predicted molar refractivity (Wildman–Crippen MR) is 87.6 cm³/mol. The maximum Gasteiger partial charge on any atom is 0.239 e. The molecule has 0 aliphatic carbocycles. The summed E-state index contributed by atoms with van der Waals surface area (Å²) < 4.78 is 5.31. The van der Waals surface area contributed by atoms with Crippen LogP contribution < -0.4 is 10.5 Å². The fourth-order valence-corrected chi connectivity index (χ4v) is 2.41. The first-order valence-corrected chi connectivity index (χ1v) is 7.28. The van der Waals surface area contributed by atoms with E-state index < -0.39 is 6.04 Å². The van der Waals surface area contributed by atoms with Crippen LogP contribution in [0.5, 0.6) is 5.75 Å². The molecule has 0 bridgehead atoms. The number of carbonyl (C=O) groups is 1. The van der Waals surface area contributed by atoms with Gasteiger partial charge in [-0.05, 0) is 18.1 Å². The van der Waals surface area contributed by atoms with Crippen molar-refractivity contribution in [3.8, 4) is 5.75 Å². The number of nitrogens with two attached hydrogens (primary N) is 1. The minimum absolute atomic E-state index is 0.0743. The number of hydrogen-bond donors (Lipinski definition) is 1. The van der Waals surface area contributed by atoms with Gasteiger partial charge >= 0.3 is 0 Å². The maximum absolute atomic E-state index is 12.4. The Hall–Kier alpha value is -2.33. The lowest BCUT2D eigenvalue weighted by Gasteiger charge is -2.22. The number of carbonyl (C=O) groups excluding carboxylic acids is 1. The van der Waals surface area contributed by atoms with E-state index in [1.165, 1.54) is 0 Å². The van der Waals surface area contributed by atoms with E-state index in [1.54, 1.807) is 19.1 Å². The number of amides is 1. The summed E-state index contributed by atoms with van der Waals surface area (Å²) in [5.41, 5.74) is 8.08. The van der Waals surface area contributed by atoms with Gasteiger partial charge in [-0.15, -0.1) is 0 Å². The average Bonchev–Trinajstić information content (AvgIpc) is 2.55. The minimum Gasteiger partial charge on any atom is -0.496 e. The molecule has 2 aromatic rings. The minimum atomic E-state index is -0.540. The first-order chi connectivity index (χ1) is 10.6. The van der Waals surface area contributed by atoms with Crippen LogP contribution in [0, 0.1) is 0 Å². The molecule has 0 aliphatic heterocycles. The zero-order valence-electron chi connectivity index (χ0n) is 13.0. The van der Waals surface area contributed by atoms with Crippen molar-refractivity contribution in [2.24, 2.45) is 5.73 Å². The molecule has 0 saturated carbocycles. The van der Waals surface area contributed by atoms with E-state index >= 15 is 0 Å². The molecule has 0 spiro atoms. The Morgan fingerprint density at radius 3 is 2.45 bits per heavy atom. The molecule has 2 rings (SSSR count). The summed E-state index contributed by atoms with van der Waals surface area (Å²) in [5.74, 6) is 0.702. The van der Waals surface area contributed by atoms with Gasteiger partial charge in [-0.1, -0.05) is 48.5 Å². The Kier molecular flexibility index (Phi) is 5.55. The second kappa shape index (κ2) is 7.61. The van der Waals surface area contributed by atoms with E-state index in [0.29, 0.717) is 13.0 Å². The molecule has 0 aliphatic rings. The van der Waals surface area contributed by atoms with E-state index in [2.05, 4.69) is 0 Å². The number of ether oxygens (including phenoxy) is 1. The van der Waals surface area contributed by atoms with Gasteiger partial charge in [-0.25, -0.2) is 0 Å². The summed E-state index contributed by atoms with van der Waals surface area (Å²) in [6, 6.07) is 16.9. The molecular weight excluding hydrogens is 276 g/mol. The molecule has 0 fully saturated rings. The molecule has 2 aromatic carbocycles. The standard InChI is InChI=1S/C18H22N2O2/c1-20(13-15-10-6-7-11-17(15)22-2)18(21)16(19)12-14-8-4-3-5-9-14/h3-11,16H,12-13,19H2,1-2H3/t16-/m0/s1. The fourth-order valence-electron chi connectivity index (χ4n) is 2.41. The fraction of sp³-hybridized carbons (Fsp3) is 0.278. The lowest BCUT2D eigenvalue weighted by molar-refractivity contribution is -0.131. The van der Waals surface area contributed by atoms with E-state index in [-0.39, 0.29) is 5.91 Å². The van der Waals surface area contributed by atoms with Crippen molar-refractivity contribution in [2.75, 3.05) is 14.2 Å². The highest BCUT2D eigenvalue weighted by atomic mass is 16.5. The molecule has 22 heavy (non-hydrogen) atoms. The smallest absolute Gasteiger partial charge is 0.239 e. The lowest BCUT2D eigenvalue weighted by atomic mass is 10.1. The van der Waals surface area contributed by atoms with Crippen molar-refractivity contribution in [1.29, 1.82) is 0 Å². The Morgan fingerprint density at radius 1 is 1.14 bits per heavy atom. The van der Waals surface area contributed by atoms with Crippen LogP contribution in [-0.4, -0.2) is 31.0 Å². The predicted octanol–water partition coefficient (Wildman–Crippen LogP) is 2.22. The number of para-hydroxylation sites is 1. The molecule has 4 nitrogen and oxygen atoms in total. The molecule has 2 N–H and O–H groups in total. The second-order valence-corrected chi connectivity index (χ2v) is 5.30. The number of methoxy groups -OCH3 is 1. The third-order valence-corrected chi connectivity index (χ3v) is 3.59. The molecule has 0 saturated heterocycles. The summed E-state index contributed by atoms with van der Waals surface area (Å²) in [4.78, 5) is 14.1. The molecule has 0 unspecified atom stereocenters. The van der Waals surface area contributed by atoms with Crippen LogP contribution in [0.25, 0.3) is 0 Å². The van der Waals surface area contributed by atoms with Gasteiger partial charge in [0.05, 0.1) is 13.2 Å². The zero-order chi connectivity index (χ0) is 15.9. The number of rotatable bonds is 6. The van der Waals surface area contributed by atoms with Gasteiger partial charge < -0.3 is 15.4 Å². The molecule has 0 radical (unpaired) electrons. The zero-order valence-corrected chi connectivity index (χ0v) is 13.0. The Morgan fingerprint density at radius 2 is 1.77 bits per heavy atom. The van der Waals surface area contributed by atoms with Crippen LogP contribution in [0.1, 0.15) is 11.1 Å². The second-order valence-electron chi connectivity index (χ2n) is 5.30. The van der Waals surface area contributed by atoms with Crippen LogP contribution >= 0.6 is 0 Å². The number of likely N-dealkylation sites (N-methyl/N-ethyl adjacent to an activating group) is 1. The van der Waals surface area contributed by atoms with Crippen molar-refractivity contribution >= 4 is 5.91 Å². The summed E-state index contributed by atoms with van der Waals surface area (Å²) in [6.45, 7) is 0.478. The van der Waals surface area contributed by atoms with Crippen LogP contribution in [0.3, 0.4) is 0 Å². The monoisotopic (exact) mass is 298 g/mol. The van der Waals surface area contributed by atoms with Gasteiger partial charge in [-0.3, -0.25) is 4.79 Å². The quantitative estimate of drug-likeness (QED) is 0.889. The maximum atomic E-state index is 12.4. The molecule has 116 valence electrons. The average molecular weight is 298 g/mol. The highest BCUT2D eigenvalue weighted by Gasteiger charge is 2.19. The van der Waals surface area contributed by atoms with Crippen LogP contribution in [0.4, 0.5) is 0 Å². The summed E-state index contributed by atoms with van der Waals surface area (Å²) in [7, 11) is 3.39. The third kappa shape index (κ3) is 4.09. The lowest BCUT2D eigenvalue weighted by Crippen LogP contribution is -2.42.